The SMILES string of the molecule is CC(=NO)c1cncc2ccccc12. The van der Waals surface area contributed by atoms with E-state index in [9.17, 15) is 0 Å². The fourth-order valence-corrected chi connectivity index (χ4v) is 1.46. The number of nitrogens with zero attached hydrogens (tertiary/aromatic N) is 2. The molecule has 1 aromatic carbocycles. The molecular formula is C11H10N2O. The summed E-state index contributed by atoms with van der Waals surface area (Å²) in [7, 11) is 0. The molecule has 0 bridgehead atoms. The summed E-state index contributed by atoms with van der Waals surface area (Å²) in [6, 6.07) is 7.88. The van der Waals surface area contributed by atoms with E-state index >= 15 is 0 Å². The van der Waals surface area contributed by atoms with E-state index in [1.165, 1.54) is 0 Å². The van der Waals surface area contributed by atoms with Crippen LogP contribution in [0.5, 0.6) is 0 Å². The third-order valence-corrected chi connectivity index (χ3v) is 2.21. The Labute approximate surface area is 81.7 Å². The van der Waals surface area contributed by atoms with E-state index in [0.717, 1.165) is 16.3 Å². The molecule has 0 aliphatic carbocycles. The number of rotatable bonds is 1. The highest BCUT2D eigenvalue weighted by molar-refractivity contribution is 6.08. The number of fused-ring (bicyclic) bond motifs is 1. The van der Waals surface area contributed by atoms with Crippen LogP contribution in [0.3, 0.4) is 0 Å². The molecule has 0 unspecified atom stereocenters. The number of oxime groups is 1. The molecule has 2 aromatic rings. The van der Waals surface area contributed by atoms with Crippen molar-refractivity contribution in [3.05, 3.63) is 42.2 Å². The van der Waals surface area contributed by atoms with Crippen LogP contribution in [0.2, 0.25) is 0 Å². The van der Waals surface area contributed by atoms with Gasteiger partial charge in [-0.15, -0.1) is 0 Å². The third-order valence-electron chi connectivity index (χ3n) is 2.21. The van der Waals surface area contributed by atoms with Gasteiger partial charge in [-0.2, -0.15) is 0 Å². The lowest BCUT2D eigenvalue weighted by atomic mass is 10.1. The average Bonchev–Trinajstić information content (AvgIpc) is 2.27. The molecule has 0 amide bonds. The first-order chi connectivity index (χ1) is 6.83. The Morgan fingerprint density at radius 3 is 2.86 bits per heavy atom. The standard InChI is InChI=1S/C11H10N2O/c1-8(13-14)11-7-12-6-9-4-2-3-5-10(9)11/h2-7,14H,1H3. The average molecular weight is 186 g/mol. The van der Waals surface area contributed by atoms with Gasteiger partial charge in [-0.05, 0) is 12.3 Å². The van der Waals surface area contributed by atoms with Crippen LogP contribution in [0.1, 0.15) is 12.5 Å². The minimum atomic E-state index is 0.578. The molecule has 0 atom stereocenters. The molecule has 3 heteroatoms. The van der Waals surface area contributed by atoms with E-state index in [-0.39, 0.29) is 0 Å². The zero-order valence-corrected chi connectivity index (χ0v) is 7.81. The lowest BCUT2D eigenvalue weighted by molar-refractivity contribution is 0.319. The van der Waals surface area contributed by atoms with Crippen molar-refractivity contribution >= 4 is 16.5 Å². The molecule has 2 rings (SSSR count). The quantitative estimate of drug-likeness (QED) is 0.422. The van der Waals surface area contributed by atoms with Crippen molar-refractivity contribution in [1.29, 1.82) is 0 Å². The van der Waals surface area contributed by atoms with Crippen molar-refractivity contribution in [2.45, 2.75) is 6.92 Å². The number of aromatic nitrogens is 1. The molecule has 0 aliphatic heterocycles. The Kier molecular flexibility index (Phi) is 2.14. The van der Waals surface area contributed by atoms with Crippen molar-refractivity contribution < 1.29 is 5.21 Å². The van der Waals surface area contributed by atoms with E-state index < -0.39 is 0 Å². The molecule has 0 saturated heterocycles. The number of benzene rings is 1. The number of hydrogen-bond acceptors (Lipinski definition) is 3. The summed E-state index contributed by atoms with van der Waals surface area (Å²) in [5.74, 6) is 0. The summed E-state index contributed by atoms with van der Waals surface area (Å²) in [6.07, 6.45) is 3.50. The van der Waals surface area contributed by atoms with Gasteiger partial charge in [0.25, 0.3) is 0 Å². The first-order valence-electron chi connectivity index (χ1n) is 4.34. The van der Waals surface area contributed by atoms with E-state index in [0.29, 0.717) is 5.71 Å². The number of hydrogen-bond donors (Lipinski definition) is 1. The van der Waals surface area contributed by atoms with Gasteiger partial charge < -0.3 is 5.21 Å². The maximum absolute atomic E-state index is 8.71. The summed E-state index contributed by atoms with van der Waals surface area (Å²) in [5.41, 5.74) is 1.44. The molecule has 1 aromatic heterocycles. The van der Waals surface area contributed by atoms with Gasteiger partial charge in [0.05, 0.1) is 5.71 Å². The lowest BCUT2D eigenvalue weighted by Gasteiger charge is -2.03. The highest BCUT2D eigenvalue weighted by Crippen LogP contribution is 2.17. The number of pyridine rings is 1. The van der Waals surface area contributed by atoms with Gasteiger partial charge in [0, 0.05) is 23.3 Å². The van der Waals surface area contributed by atoms with Gasteiger partial charge in [0.15, 0.2) is 0 Å². The minimum absolute atomic E-state index is 0.578. The van der Waals surface area contributed by atoms with Crippen molar-refractivity contribution in [1.82, 2.24) is 4.98 Å². The molecule has 1 N–H and O–H groups in total. The largest absolute Gasteiger partial charge is 0.411 e. The second kappa shape index (κ2) is 3.46. The molecule has 1 heterocycles. The van der Waals surface area contributed by atoms with Crippen LogP contribution in [0.15, 0.2) is 41.8 Å². The summed E-state index contributed by atoms with van der Waals surface area (Å²) >= 11 is 0. The van der Waals surface area contributed by atoms with Crippen LogP contribution >= 0.6 is 0 Å². The first-order valence-corrected chi connectivity index (χ1v) is 4.34. The predicted molar refractivity (Wildman–Crippen MR) is 55.7 cm³/mol. The minimum Gasteiger partial charge on any atom is -0.411 e. The Balaban J connectivity index is 2.77. The van der Waals surface area contributed by atoms with E-state index in [1.54, 1.807) is 19.3 Å². The summed E-state index contributed by atoms with van der Waals surface area (Å²) in [6.45, 7) is 1.75. The Bertz CT molecular complexity index is 486. The zero-order valence-electron chi connectivity index (χ0n) is 7.81. The van der Waals surface area contributed by atoms with E-state index in [4.69, 9.17) is 5.21 Å². The zero-order chi connectivity index (χ0) is 9.97. The van der Waals surface area contributed by atoms with E-state index in [1.807, 2.05) is 24.3 Å². The smallest absolute Gasteiger partial charge is 0.0858 e. The lowest BCUT2D eigenvalue weighted by Crippen LogP contribution is -1.96. The topological polar surface area (TPSA) is 45.5 Å². The van der Waals surface area contributed by atoms with Crippen molar-refractivity contribution in [2.24, 2.45) is 5.16 Å². The molecule has 0 aliphatic rings. The molecule has 0 saturated carbocycles. The van der Waals surface area contributed by atoms with Gasteiger partial charge in [-0.25, -0.2) is 0 Å². The van der Waals surface area contributed by atoms with Gasteiger partial charge in [-0.1, -0.05) is 29.4 Å². The molecule has 3 nitrogen and oxygen atoms in total. The van der Waals surface area contributed by atoms with Crippen LogP contribution in [0.25, 0.3) is 10.8 Å². The van der Waals surface area contributed by atoms with Crippen molar-refractivity contribution in [3.63, 3.8) is 0 Å². The van der Waals surface area contributed by atoms with Crippen LogP contribution in [0.4, 0.5) is 0 Å². The second-order valence-corrected chi connectivity index (χ2v) is 3.09. The van der Waals surface area contributed by atoms with E-state index in [2.05, 4.69) is 10.1 Å². The third kappa shape index (κ3) is 1.33. The fourth-order valence-electron chi connectivity index (χ4n) is 1.46. The predicted octanol–water partition coefficient (Wildman–Crippen LogP) is 2.43. The molecule has 0 radical (unpaired) electrons. The molecule has 14 heavy (non-hydrogen) atoms. The van der Waals surface area contributed by atoms with Gasteiger partial charge in [0.1, 0.15) is 0 Å². The van der Waals surface area contributed by atoms with Crippen LogP contribution in [-0.4, -0.2) is 15.9 Å². The Morgan fingerprint density at radius 1 is 1.29 bits per heavy atom. The monoisotopic (exact) mass is 186 g/mol. The van der Waals surface area contributed by atoms with Crippen LogP contribution in [-0.2, 0) is 0 Å². The van der Waals surface area contributed by atoms with Gasteiger partial charge in [0.2, 0.25) is 0 Å². The van der Waals surface area contributed by atoms with Crippen molar-refractivity contribution in [3.8, 4) is 0 Å². The highest BCUT2D eigenvalue weighted by atomic mass is 16.4. The van der Waals surface area contributed by atoms with Crippen LogP contribution in [0, 0.1) is 0 Å². The fraction of sp³-hybridized carbons (Fsp3) is 0.0909. The highest BCUT2D eigenvalue weighted by Gasteiger charge is 2.03. The van der Waals surface area contributed by atoms with Crippen molar-refractivity contribution in [2.75, 3.05) is 0 Å². The van der Waals surface area contributed by atoms with Crippen LogP contribution < -0.4 is 0 Å². The molecular weight excluding hydrogens is 176 g/mol. The molecule has 0 fully saturated rings. The second-order valence-electron chi connectivity index (χ2n) is 3.09. The maximum atomic E-state index is 8.71. The summed E-state index contributed by atoms with van der Waals surface area (Å²) < 4.78 is 0. The molecule has 70 valence electrons. The molecule has 0 spiro atoms. The normalized spacial score (nSPS) is 11.9. The summed E-state index contributed by atoms with van der Waals surface area (Å²) in [5, 5.41) is 14.0. The Morgan fingerprint density at radius 2 is 2.07 bits per heavy atom. The Hall–Kier alpha value is -1.90. The first kappa shape index (κ1) is 8.69. The summed E-state index contributed by atoms with van der Waals surface area (Å²) in [4.78, 5) is 4.09. The van der Waals surface area contributed by atoms with Gasteiger partial charge in [-0.3, -0.25) is 4.98 Å². The van der Waals surface area contributed by atoms with Gasteiger partial charge >= 0.3 is 0 Å². The maximum Gasteiger partial charge on any atom is 0.0858 e.